The normalized spacial score (nSPS) is 16.4. The highest BCUT2D eigenvalue weighted by Gasteiger charge is 2.27. The van der Waals surface area contributed by atoms with E-state index in [9.17, 15) is 13.6 Å². The van der Waals surface area contributed by atoms with Gasteiger partial charge in [-0.05, 0) is 57.7 Å². The van der Waals surface area contributed by atoms with Crippen LogP contribution in [0.2, 0.25) is 0 Å². The summed E-state index contributed by atoms with van der Waals surface area (Å²) in [4.78, 5) is 14.4. The summed E-state index contributed by atoms with van der Waals surface area (Å²) in [6.45, 7) is 7.85. The number of aryl methyl sites for hydroxylation is 2. The standard InChI is InChI=1S/C20H25F2N3O2/c1-13-10-14(2)25(23-13)12-16-6-8-24(9-7-16)20(26)15(3)27-17-4-5-18(21)19(22)11-17/h4-5,10-11,15-16H,6-9,12H2,1-3H3/t15-/m1/s1. The molecule has 0 radical (unpaired) electrons. The van der Waals surface area contributed by atoms with Crippen LogP contribution in [0.5, 0.6) is 5.75 Å². The van der Waals surface area contributed by atoms with E-state index >= 15 is 0 Å². The second-order valence-corrected chi connectivity index (χ2v) is 7.21. The Hall–Kier alpha value is -2.44. The number of amides is 1. The van der Waals surface area contributed by atoms with Crippen LogP contribution in [0.25, 0.3) is 0 Å². The van der Waals surface area contributed by atoms with E-state index in [2.05, 4.69) is 18.1 Å². The lowest BCUT2D eigenvalue weighted by Gasteiger charge is -2.33. The molecule has 0 bridgehead atoms. The summed E-state index contributed by atoms with van der Waals surface area (Å²) in [5.74, 6) is -1.43. The van der Waals surface area contributed by atoms with Crippen molar-refractivity contribution in [1.29, 1.82) is 0 Å². The molecule has 2 aromatic rings. The number of piperidine rings is 1. The molecule has 27 heavy (non-hydrogen) atoms. The minimum Gasteiger partial charge on any atom is -0.481 e. The van der Waals surface area contributed by atoms with Crippen LogP contribution in [0, 0.1) is 31.4 Å². The van der Waals surface area contributed by atoms with Gasteiger partial charge in [-0.2, -0.15) is 5.10 Å². The van der Waals surface area contributed by atoms with Crippen molar-refractivity contribution in [3.8, 4) is 5.75 Å². The van der Waals surface area contributed by atoms with Crippen molar-refractivity contribution in [3.63, 3.8) is 0 Å². The summed E-state index contributed by atoms with van der Waals surface area (Å²) in [5.41, 5.74) is 2.17. The fraction of sp³-hybridized carbons (Fsp3) is 0.500. The molecule has 7 heteroatoms. The monoisotopic (exact) mass is 377 g/mol. The summed E-state index contributed by atoms with van der Waals surface area (Å²) in [6.07, 6.45) is 1.06. The van der Waals surface area contributed by atoms with Crippen LogP contribution in [-0.4, -0.2) is 39.8 Å². The van der Waals surface area contributed by atoms with Crippen molar-refractivity contribution in [2.45, 2.75) is 46.3 Å². The maximum Gasteiger partial charge on any atom is 0.263 e. The summed E-state index contributed by atoms with van der Waals surface area (Å²) in [7, 11) is 0. The molecule has 146 valence electrons. The van der Waals surface area contributed by atoms with Gasteiger partial charge in [-0.15, -0.1) is 0 Å². The third-order valence-electron chi connectivity index (χ3n) is 5.01. The zero-order chi connectivity index (χ0) is 19.6. The molecule has 2 heterocycles. The molecule has 0 N–H and O–H groups in total. The summed E-state index contributed by atoms with van der Waals surface area (Å²) >= 11 is 0. The van der Waals surface area contributed by atoms with Gasteiger partial charge in [0.05, 0.1) is 5.69 Å². The van der Waals surface area contributed by atoms with Gasteiger partial charge in [-0.1, -0.05) is 0 Å². The van der Waals surface area contributed by atoms with E-state index in [1.165, 1.54) is 6.07 Å². The Morgan fingerprint density at radius 2 is 1.93 bits per heavy atom. The number of halogens is 2. The quantitative estimate of drug-likeness (QED) is 0.801. The lowest BCUT2D eigenvalue weighted by atomic mass is 9.96. The van der Waals surface area contributed by atoms with Crippen LogP contribution < -0.4 is 4.74 Å². The van der Waals surface area contributed by atoms with E-state index in [-0.39, 0.29) is 11.7 Å². The van der Waals surface area contributed by atoms with Gasteiger partial charge in [-0.25, -0.2) is 8.78 Å². The number of hydrogen-bond acceptors (Lipinski definition) is 3. The van der Waals surface area contributed by atoms with Crippen molar-refractivity contribution in [2.75, 3.05) is 13.1 Å². The van der Waals surface area contributed by atoms with Gasteiger partial charge in [0.1, 0.15) is 5.75 Å². The summed E-state index contributed by atoms with van der Waals surface area (Å²) in [5, 5.41) is 4.51. The average Bonchev–Trinajstić information content (AvgIpc) is 2.95. The molecule has 1 saturated heterocycles. The van der Waals surface area contributed by atoms with Crippen LogP contribution in [0.3, 0.4) is 0 Å². The number of carbonyl (C=O) groups excluding carboxylic acids is 1. The van der Waals surface area contributed by atoms with Crippen LogP contribution in [0.15, 0.2) is 24.3 Å². The molecule has 0 unspecified atom stereocenters. The van der Waals surface area contributed by atoms with Gasteiger partial charge in [0.25, 0.3) is 5.91 Å². The molecule has 0 aliphatic carbocycles. The van der Waals surface area contributed by atoms with Crippen molar-refractivity contribution < 1.29 is 18.3 Å². The minimum absolute atomic E-state index is 0.135. The smallest absolute Gasteiger partial charge is 0.263 e. The molecule has 1 aliphatic rings. The Bertz CT molecular complexity index is 814. The number of rotatable bonds is 5. The van der Waals surface area contributed by atoms with Crippen LogP contribution in [0.4, 0.5) is 8.78 Å². The molecule has 1 atom stereocenters. The summed E-state index contributed by atoms with van der Waals surface area (Å²) in [6, 6.07) is 5.34. The minimum atomic E-state index is -0.989. The number of ether oxygens (including phenoxy) is 1. The molecule has 3 rings (SSSR count). The van der Waals surface area contributed by atoms with Gasteiger partial charge in [0.2, 0.25) is 0 Å². The zero-order valence-corrected chi connectivity index (χ0v) is 15.9. The Balaban J connectivity index is 1.51. The summed E-state index contributed by atoms with van der Waals surface area (Å²) < 4.78 is 33.8. The molecule has 1 amide bonds. The number of benzene rings is 1. The molecule has 0 spiro atoms. The maximum atomic E-state index is 13.3. The van der Waals surface area contributed by atoms with Gasteiger partial charge in [0, 0.05) is 31.4 Å². The third kappa shape index (κ3) is 4.64. The lowest BCUT2D eigenvalue weighted by Crippen LogP contribution is -2.45. The highest BCUT2D eigenvalue weighted by molar-refractivity contribution is 5.81. The fourth-order valence-corrected chi connectivity index (χ4v) is 3.50. The molecule has 1 aromatic carbocycles. The highest BCUT2D eigenvalue weighted by atomic mass is 19.2. The largest absolute Gasteiger partial charge is 0.481 e. The van der Waals surface area contributed by atoms with Gasteiger partial charge < -0.3 is 9.64 Å². The van der Waals surface area contributed by atoms with E-state index in [4.69, 9.17) is 4.74 Å². The first kappa shape index (κ1) is 19.3. The van der Waals surface area contributed by atoms with Crippen molar-refractivity contribution >= 4 is 5.91 Å². The van der Waals surface area contributed by atoms with Crippen molar-refractivity contribution in [1.82, 2.24) is 14.7 Å². The van der Waals surface area contributed by atoms with E-state index in [1.807, 2.05) is 11.6 Å². The average molecular weight is 377 g/mol. The Kier molecular flexibility index (Phi) is 5.77. The number of likely N-dealkylation sites (tertiary alicyclic amines) is 1. The fourth-order valence-electron chi connectivity index (χ4n) is 3.50. The topological polar surface area (TPSA) is 47.4 Å². The van der Waals surface area contributed by atoms with Gasteiger partial charge in [0.15, 0.2) is 17.7 Å². The van der Waals surface area contributed by atoms with Crippen LogP contribution in [-0.2, 0) is 11.3 Å². The van der Waals surface area contributed by atoms with E-state index in [0.717, 1.165) is 42.9 Å². The van der Waals surface area contributed by atoms with E-state index in [1.54, 1.807) is 11.8 Å². The Morgan fingerprint density at radius 1 is 1.22 bits per heavy atom. The number of hydrogen-bond donors (Lipinski definition) is 0. The molecular formula is C20H25F2N3O2. The second kappa shape index (κ2) is 8.06. The third-order valence-corrected chi connectivity index (χ3v) is 5.01. The number of aromatic nitrogens is 2. The molecule has 5 nitrogen and oxygen atoms in total. The van der Waals surface area contributed by atoms with Crippen molar-refractivity contribution in [3.05, 3.63) is 47.3 Å². The molecule has 1 aliphatic heterocycles. The SMILES string of the molecule is Cc1cc(C)n(CC2CCN(C(=O)[C@@H](C)Oc3ccc(F)c(F)c3)CC2)n1. The van der Waals surface area contributed by atoms with Crippen LogP contribution in [0.1, 0.15) is 31.2 Å². The van der Waals surface area contributed by atoms with E-state index < -0.39 is 17.7 Å². The van der Waals surface area contributed by atoms with Crippen LogP contribution >= 0.6 is 0 Å². The maximum absolute atomic E-state index is 13.3. The first-order valence-electron chi connectivity index (χ1n) is 9.25. The Labute approximate surface area is 157 Å². The molecule has 0 saturated carbocycles. The molecular weight excluding hydrogens is 352 g/mol. The van der Waals surface area contributed by atoms with E-state index in [0.29, 0.717) is 19.0 Å². The first-order valence-corrected chi connectivity index (χ1v) is 9.25. The first-order chi connectivity index (χ1) is 12.8. The number of carbonyl (C=O) groups is 1. The van der Waals surface area contributed by atoms with Gasteiger partial charge in [-0.3, -0.25) is 9.48 Å². The Morgan fingerprint density at radius 3 is 2.52 bits per heavy atom. The number of nitrogens with zero attached hydrogens (tertiary/aromatic N) is 3. The predicted octanol–water partition coefficient (Wildman–Crippen LogP) is 3.48. The predicted molar refractivity (Wildman–Crippen MR) is 97.5 cm³/mol. The highest BCUT2D eigenvalue weighted by Crippen LogP contribution is 2.22. The molecule has 1 aromatic heterocycles. The van der Waals surface area contributed by atoms with Gasteiger partial charge >= 0.3 is 0 Å². The molecule has 1 fully saturated rings. The zero-order valence-electron chi connectivity index (χ0n) is 15.9. The second-order valence-electron chi connectivity index (χ2n) is 7.21. The van der Waals surface area contributed by atoms with Crippen molar-refractivity contribution in [2.24, 2.45) is 5.92 Å². The lowest BCUT2D eigenvalue weighted by molar-refractivity contribution is -0.139.